The van der Waals surface area contributed by atoms with E-state index in [1.165, 1.54) is 4.57 Å². The number of pyridine rings is 2. The molecule has 1 aromatic carbocycles. The lowest BCUT2D eigenvalue weighted by atomic mass is 9.86. The number of azide groups is 1. The second kappa shape index (κ2) is 5.91. The van der Waals surface area contributed by atoms with Gasteiger partial charge in [-0.15, -0.1) is 0 Å². The fraction of sp³-hybridized carbons (Fsp3) is 0.250. The zero-order chi connectivity index (χ0) is 20.3. The average Bonchev–Trinajstić information content (AvgIpc) is 3.03. The van der Waals surface area contributed by atoms with Crippen LogP contribution >= 0.6 is 0 Å². The predicted octanol–water partition coefficient (Wildman–Crippen LogP) is 2.89. The van der Waals surface area contributed by atoms with Crippen LogP contribution in [-0.4, -0.2) is 20.6 Å². The van der Waals surface area contributed by atoms with Crippen molar-refractivity contribution in [1.82, 2.24) is 9.55 Å². The minimum atomic E-state index is -1.91. The maximum atomic E-state index is 13.3. The first-order chi connectivity index (χ1) is 14.0. The molecule has 0 saturated carbocycles. The van der Waals surface area contributed by atoms with Gasteiger partial charge in [-0.25, -0.2) is 9.78 Å². The van der Waals surface area contributed by atoms with Crippen molar-refractivity contribution in [2.45, 2.75) is 31.7 Å². The van der Waals surface area contributed by atoms with E-state index >= 15 is 0 Å². The van der Waals surface area contributed by atoms with Crippen molar-refractivity contribution >= 4 is 16.9 Å². The number of ether oxygens (including phenoxy) is 1. The smallest absolute Gasteiger partial charge is 0.343 e. The number of cyclic esters (lactones) is 1. The van der Waals surface area contributed by atoms with Gasteiger partial charge in [-0.3, -0.25) is 9.36 Å². The summed E-state index contributed by atoms with van der Waals surface area (Å²) in [4.78, 5) is 33.1. The quantitative estimate of drug-likeness (QED) is 0.312. The van der Waals surface area contributed by atoms with Crippen LogP contribution in [0, 0.1) is 0 Å². The van der Waals surface area contributed by atoms with E-state index in [4.69, 9.17) is 10.3 Å². The molecule has 2 aromatic heterocycles. The molecule has 3 aromatic rings. The molecule has 9 heteroatoms. The summed E-state index contributed by atoms with van der Waals surface area (Å²) in [6.45, 7) is 1.40. The number of aliphatic hydroxyl groups is 1. The fourth-order valence-electron chi connectivity index (χ4n) is 4.14. The summed E-state index contributed by atoms with van der Waals surface area (Å²) >= 11 is 0. The summed E-state index contributed by atoms with van der Waals surface area (Å²) in [6, 6.07) is 10.9. The number of fused-ring (bicyclic) bond motifs is 5. The highest BCUT2D eigenvalue weighted by atomic mass is 16.6. The molecule has 29 heavy (non-hydrogen) atoms. The van der Waals surface area contributed by atoms with Gasteiger partial charge in [0.1, 0.15) is 12.8 Å². The molecule has 0 amide bonds. The van der Waals surface area contributed by atoms with Crippen molar-refractivity contribution < 1.29 is 14.6 Å². The summed E-state index contributed by atoms with van der Waals surface area (Å²) in [5.74, 6) is -0.784. The van der Waals surface area contributed by atoms with Crippen molar-refractivity contribution in [2.75, 3.05) is 0 Å². The van der Waals surface area contributed by atoms with Gasteiger partial charge in [0.05, 0.1) is 22.5 Å². The van der Waals surface area contributed by atoms with Gasteiger partial charge in [0.2, 0.25) is 0 Å². The van der Waals surface area contributed by atoms with E-state index < -0.39 is 23.3 Å². The third kappa shape index (κ3) is 2.19. The Morgan fingerprint density at radius 2 is 2.17 bits per heavy atom. The maximum absolute atomic E-state index is 13.3. The maximum Gasteiger partial charge on any atom is 0.343 e. The molecule has 0 bridgehead atoms. The van der Waals surface area contributed by atoms with Gasteiger partial charge < -0.3 is 9.84 Å². The summed E-state index contributed by atoms with van der Waals surface area (Å²) in [5.41, 5.74) is 9.29. The number of benzene rings is 1. The third-order valence-corrected chi connectivity index (χ3v) is 5.67. The lowest BCUT2D eigenvalue weighted by Crippen LogP contribution is -2.44. The van der Waals surface area contributed by atoms with Crippen molar-refractivity contribution in [1.29, 1.82) is 0 Å². The highest BCUT2D eigenvalue weighted by molar-refractivity contribution is 5.86. The van der Waals surface area contributed by atoms with E-state index in [1.807, 2.05) is 30.3 Å². The standard InChI is InChI=1S/C20H15N5O4/c1-2-20(28)13-8-15-16-11(7-10-5-3-4-6-14(10)22-16)17(23-24-21)25(15)18(26)12(13)9-29-19(20)27/h3-8,17,28H,2,9H2,1H3/t17-,20-/m0/s1. The van der Waals surface area contributed by atoms with E-state index in [0.29, 0.717) is 17.0 Å². The second-order valence-electron chi connectivity index (χ2n) is 7.08. The molecule has 0 saturated heterocycles. The van der Waals surface area contributed by atoms with E-state index in [0.717, 1.165) is 10.9 Å². The topological polar surface area (TPSA) is 130 Å². The number of aromatic nitrogens is 2. The third-order valence-electron chi connectivity index (χ3n) is 5.67. The Morgan fingerprint density at radius 1 is 1.38 bits per heavy atom. The van der Waals surface area contributed by atoms with Crippen molar-refractivity contribution in [3.8, 4) is 11.4 Å². The molecule has 0 spiro atoms. The van der Waals surface area contributed by atoms with Gasteiger partial charge in [-0.2, -0.15) is 0 Å². The van der Waals surface area contributed by atoms with Gasteiger partial charge >= 0.3 is 5.97 Å². The lowest BCUT2D eigenvalue weighted by Gasteiger charge is -2.32. The van der Waals surface area contributed by atoms with Gasteiger partial charge in [0.15, 0.2) is 5.60 Å². The molecule has 2 aliphatic rings. The first-order valence-corrected chi connectivity index (χ1v) is 9.12. The molecule has 2 aliphatic heterocycles. The Hall–Kier alpha value is -3.68. The molecule has 2 atom stereocenters. The van der Waals surface area contributed by atoms with E-state index in [9.17, 15) is 14.7 Å². The number of nitrogens with zero attached hydrogens (tertiary/aromatic N) is 5. The fourth-order valence-corrected chi connectivity index (χ4v) is 4.14. The number of hydrogen-bond donors (Lipinski definition) is 1. The SMILES string of the molecule is CC[C@@]1(O)C(=O)OCc2c1cc1n(c2=O)[C@H](N=[N+]=[N-])c2cc3ccccc3nc2-1. The zero-order valence-electron chi connectivity index (χ0n) is 15.4. The normalized spacial score (nSPS) is 21.7. The molecular formula is C20H15N5O4. The minimum absolute atomic E-state index is 0.0551. The van der Waals surface area contributed by atoms with Gasteiger partial charge in [0, 0.05) is 21.4 Å². The molecule has 0 fully saturated rings. The van der Waals surface area contributed by atoms with Crippen LogP contribution in [0.15, 0.2) is 46.3 Å². The van der Waals surface area contributed by atoms with Gasteiger partial charge in [-0.05, 0) is 30.2 Å². The van der Waals surface area contributed by atoms with Crippen LogP contribution in [0.3, 0.4) is 0 Å². The van der Waals surface area contributed by atoms with E-state index in [-0.39, 0.29) is 24.2 Å². The van der Waals surface area contributed by atoms with Crippen molar-refractivity contribution in [3.05, 3.63) is 73.9 Å². The largest absolute Gasteiger partial charge is 0.458 e. The minimum Gasteiger partial charge on any atom is -0.458 e. The molecule has 0 unspecified atom stereocenters. The second-order valence-corrected chi connectivity index (χ2v) is 7.08. The summed E-state index contributed by atoms with van der Waals surface area (Å²) in [5, 5.41) is 15.6. The zero-order valence-corrected chi connectivity index (χ0v) is 15.4. The number of para-hydroxylation sites is 1. The molecule has 5 rings (SSSR count). The van der Waals surface area contributed by atoms with E-state index in [1.54, 1.807) is 13.0 Å². The molecule has 0 aliphatic carbocycles. The first-order valence-electron chi connectivity index (χ1n) is 9.12. The number of carbonyl (C=O) groups excluding carboxylic acids is 1. The van der Waals surface area contributed by atoms with Crippen LogP contribution in [0.25, 0.3) is 32.7 Å². The molecule has 9 nitrogen and oxygen atoms in total. The molecular weight excluding hydrogens is 374 g/mol. The van der Waals surface area contributed by atoms with Crippen LogP contribution in [0.4, 0.5) is 0 Å². The Bertz CT molecular complexity index is 1320. The number of carbonyl (C=O) groups is 1. The summed E-state index contributed by atoms with van der Waals surface area (Å²) < 4.78 is 6.42. The van der Waals surface area contributed by atoms with Crippen LogP contribution in [0.2, 0.25) is 0 Å². The van der Waals surface area contributed by atoms with Gasteiger partial charge in [0.25, 0.3) is 5.56 Å². The monoisotopic (exact) mass is 389 g/mol. The average molecular weight is 389 g/mol. The first kappa shape index (κ1) is 17.4. The van der Waals surface area contributed by atoms with Crippen LogP contribution < -0.4 is 5.56 Å². The number of esters is 1. The number of hydrogen-bond acceptors (Lipinski definition) is 6. The number of rotatable bonds is 2. The predicted molar refractivity (Wildman–Crippen MR) is 103 cm³/mol. The van der Waals surface area contributed by atoms with Gasteiger partial charge in [-0.1, -0.05) is 30.2 Å². The Kier molecular flexibility index (Phi) is 3.55. The van der Waals surface area contributed by atoms with Crippen LogP contribution in [0.1, 0.15) is 36.2 Å². The van der Waals surface area contributed by atoms with Crippen molar-refractivity contribution in [3.63, 3.8) is 0 Å². The highest BCUT2D eigenvalue weighted by Gasteiger charge is 2.46. The Morgan fingerprint density at radius 3 is 2.93 bits per heavy atom. The highest BCUT2D eigenvalue weighted by Crippen LogP contribution is 2.43. The molecule has 1 N–H and O–H groups in total. The summed E-state index contributed by atoms with van der Waals surface area (Å²) in [6.07, 6.45) is -0.855. The Balaban J connectivity index is 1.89. The van der Waals surface area contributed by atoms with Crippen LogP contribution in [-0.2, 0) is 21.7 Å². The molecule has 0 radical (unpaired) electrons. The lowest BCUT2D eigenvalue weighted by molar-refractivity contribution is -0.172. The molecule has 144 valence electrons. The van der Waals surface area contributed by atoms with E-state index in [2.05, 4.69) is 15.0 Å². The molecule has 4 heterocycles. The van der Waals surface area contributed by atoms with Crippen LogP contribution in [0.5, 0.6) is 0 Å². The van der Waals surface area contributed by atoms with Crippen molar-refractivity contribution in [2.24, 2.45) is 5.11 Å². The Labute approximate surface area is 163 Å². The summed E-state index contributed by atoms with van der Waals surface area (Å²) in [7, 11) is 0.